The predicted octanol–water partition coefficient (Wildman–Crippen LogP) is 2.99. The van der Waals surface area contributed by atoms with Crippen molar-refractivity contribution in [2.45, 2.75) is 44.1 Å². The van der Waals surface area contributed by atoms with Gasteiger partial charge in [0.1, 0.15) is 0 Å². The van der Waals surface area contributed by atoms with Gasteiger partial charge in [0.15, 0.2) is 0 Å². The number of hydrogen-bond acceptors (Lipinski definition) is 2. The molecule has 0 saturated heterocycles. The summed E-state index contributed by atoms with van der Waals surface area (Å²) in [6.45, 7) is 3.75. The van der Waals surface area contributed by atoms with E-state index in [0.717, 1.165) is 24.8 Å². The van der Waals surface area contributed by atoms with Crippen molar-refractivity contribution in [1.29, 1.82) is 0 Å². The van der Waals surface area contributed by atoms with Crippen molar-refractivity contribution in [2.24, 2.45) is 0 Å². The van der Waals surface area contributed by atoms with E-state index >= 15 is 0 Å². The van der Waals surface area contributed by atoms with Gasteiger partial charge >= 0.3 is 0 Å². The molecule has 1 saturated carbocycles. The van der Waals surface area contributed by atoms with Crippen LogP contribution in [0.25, 0.3) is 0 Å². The van der Waals surface area contributed by atoms with Crippen LogP contribution in [0.5, 0.6) is 0 Å². The molecule has 1 N–H and O–H groups in total. The first-order valence-electron chi connectivity index (χ1n) is 6.99. The maximum absolute atomic E-state index is 12.8. The standard InChI is InChI=1S/C16H22ClNO2/c1-15(2,20)11-18(3)14(19)16(8-5-9-16)12-6-4-7-13(17)10-12/h4,6-7,10,20H,5,8-9,11H2,1-3H3. The van der Waals surface area contributed by atoms with Gasteiger partial charge in [0.2, 0.25) is 5.91 Å². The highest BCUT2D eigenvalue weighted by Crippen LogP contribution is 2.45. The minimum absolute atomic E-state index is 0.0770. The number of hydrogen-bond donors (Lipinski definition) is 1. The van der Waals surface area contributed by atoms with Crippen LogP contribution in [0.2, 0.25) is 5.02 Å². The molecular weight excluding hydrogens is 274 g/mol. The highest BCUT2D eigenvalue weighted by molar-refractivity contribution is 6.30. The molecule has 0 bridgehead atoms. The van der Waals surface area contributed by atoms with Gasteiger partial charge in [-0.3, -0.25) is 4.79 Å². The first-order valence-corrected chi connectivity index (χ1v) is 7.36. The van der Waals surface area contributed by atoms with Crippen LogP contribution in [0.15, 0.2) is 24.3 Å². The van der Waals surface area contributed by atoms with E-state index in [-0.39, 0.29) is 5.91 Å². The Kier molecular flexibility index (Phi) is 4.12. The Morgan fingerprint density at radius 2 is 2.10 bits per heavy atom. The van der Waals surface area contributed by atoms with Crippen LogP contribution >= 0.6 is 11.6 Å². The molecule has 0 aromatic heterocycles. The van der Waals surface area contributed by atoms with Crippen LogP contribution in [0.4, 0.5) is 0 Å². The maximum atomic E-state index is 12.8. The van der Waals surface area contributed by atoms with Crippen molar-refractivity contribution in [2.75, 3.05) is 13.6 Å². The zero-order chi connectivity index (χ0) is 15.0. The lowest BCUT2D eigenvalue weighted by molar-refractivity contribution is -0.142. The first-order chi connectivity index (χ1) is 9.24. The van der Waals surface area contributed by atoms with E-state index < -0.39 is 11.0 Å². The number of nitrogens with zero attached hydrogens (tertiary/aromatic N) is 1. The minimum Gasteiger partial charge on any atom is -0.389 e. The van der Waals surface area contributed by atoms with Gasteiger partial charge < -0.3 is 10.0 Å². The van der Waals surface area contributed by atoms with E-state index in [4.69, 9.17) is 11.6 Å². The molecule has 1 aliphatic rings. The molecule has 110 valence electrons. The van der Waals surface area contributed by atoms with Crippen molar-refractivity contribution >= 4 is 17.5 Å². The van der Waals surface area contributed by atoms with Gasteiger partial charge in [-0.05, 0) is 44.4 Å². The molecule has 1 aromatic rings. The average molecular weight is 296 g/mol. The Balaban J connectivity index is 2.25. The molecule has 2 rings (SSSR count). The van der Waals surface area contributed by atoms with Crippen molar-refractivity contribution in [3.8, 4) is 0 Å². The van der Waals surface area contributed by atoms with E-state index in [9.17, 15) is 9.90 Å². The zero-order valence-electron chi connectivity index (χ0n) is 12.3. The number of carbonyl (C=O) groups excluding carboxylic acids is 1. The van der Waals surface area contributed by atoms with E-state index in [1.807, 2.05) is 24.3 Å². The first kappa shape index (κ1) is 15.3. The molecule has 0 heterocycles. The molecule has 0 atom stereocenters. The molecule has 0 aliphatic heterocycles. The van der Waals surface area contributed by atoms with Crippen molar-refractivity contribution in [3.63, 3.8) is 0 Å². The van der Waals surface area contributed by atoms with Gasteiger partial charge in [-0.2, -0.15) is 0 Å². The minimum atomic E-state index is -0.885. The van der Waals surface area contributed by atoms with Crippen LogP contribution in [0.1, 0.15) is 38.7 Å². The summed E-state index contributed by atoms with van der Waals surface area (Å²) in [6, 6.07) is 7.57. The van der Waals surface area contributed by atoms with Crippen LogP contribution in [0, 0.1) is 0 Å². The normalized spacial score (nSPS) is 17.4. The van der Waals surface area contributed by atoms with E-state index in [1.54, 1.807) is 25.8 Å². The number of carbonyl (C=O) groups is 1. The highest BCUT2D eigenvalue weighted by Gasteiger charge is 2.47. The fraction of sp³-hybridized carbons (Fsp3) is 0.562. The quantitative estimate of drug-likeness (QED) is 0.928. The SMILES string of the molecule is CN(CC(C)(C)O)C(=O)C1(c2cccc(Cl)c2)CCC1. The lowest BCUT2D eigenvalue weighted by Crippen LogP contribution is -2.52. The molecule has 1 amide bonds. The molecule has 20 heavy (non-hydrogen) atoms. The fourth-order valence-electron chi connectivity index (χ4n) is 2.96. The van der Waals surface area contributed by atoms with E-state index in [0.29, 0.717) is 11.6 Å². The maximum Gasteiger partial charge on any atom is 0.233 e. The summed E-state index contributed by atoms with van der Waals surface area (Å²) < 4.78 is 0. The fourth-order valence-corrected chi connectivity index (χ4v) is 3.15. The molecular formula is C16H22ClNO2. The van der Waals surface area contributed by atoms with Crippen molar-refractivity contribution in [1.82, 2.24) is 4.90 Å². The predicted molar refractivity (Wildman–Crippen MR) is 80.9 cm³/mol. The number of benzene rings is 1. The zero-order valence-corrected chi connectivity index (χ0v) is 13.1. The Hall–Kier alpha value is -1.06. The third-order valence-electron chi connectivity index (χ3n) is 3.96. The Morgan fingerprint density at radius 1 is 1.45 bits per heavy atom. The summed E-state index contributed by atoms with van der Waals surface area (Å²) in [7, 11) is 1.75. The second-order valence-electron chi connectivity index (χ2n) is 6.42. The summed E-state index contributed by atoms with van der Waals surface area (Å²) in [4.78, 5) is 14.4. The van der Waals surface area contributed by atoms with Gasteiger partial charge in [-0.1, -0.05) is 30.2 Å². The smallest absolute Gasteiger partial charge is 0.233 e. The van der Waals surface area contributed by atoms with E-state index in [2.05, 4.69) is 0 Å². The van der Waals surface area contributed by atoms with Crippen LogP contribution < -0.4 is 0 Å². The second kappa shape index (κ2) is 5.38. The largest absolute Gasteiger partial charge is 0.389 e. The van der Waals surface area contributed by atoms with Gasteiger partial charge in [0.25, 0.3) is 0 Å². The molecule has 1 aromatic carbocycles. The summed E-state index contributed by atoms with van der Waals surface area (Å²) in [5.74, 6) is 0.0770. The average Bonchev–Trinajstić information content (AvgIpc) is 2.25. The molecule has 0 radical (unpaired) electrons. The molecule has 0 spiro atoms. The number of halogens is 1. The summed E-state index contributed by atoms with van der Waals surface area (Å²) >= 11 is 6.06. The van der Waals surface area contributed by atoms with Crippen LogP contribution in [-0.2, 0) is 10.2 Å². The Bertz CT molecular complexity index is 503. The summed E-state index contributed by atoms with van der Waals surface area (Å²) in [5.41, 5.74) is -0.349. The van der Waals surface area contributed by atoms with Gasteiger partial charge in [-0.15, -0.1) is 0 Å². The van der Waals surface area contributed by atoms with Gasteiger partial charge in [0.05, 0.1) is 11.0 Å². The second-order valence-corrected chi connectivity index (χ2v) is 6.86. The van der Waals surface area contributed by atoms with Crippen LogP contribution in [0.3, 0.4) is 0 Å². The van der Waals surface area contributed by atoms with Gasteiger partial charge in [0, 0.05) is 18.6 Å². The number of aliphatic hydroxyl groups is 1. The lowest BCUT2D eigenvalue weighted by atomic mass is 9.63. The monoisotopic (exact) mass is 295 g/mol. The lowest BCUT2D eigenvalue weighted by Gasteiger charge is -2.44. The summed E-state index contributed by atoms with van der Waals surface area (Å²) in [5, 5.41) is 10.6. The van der Waals surface area contributed by atoms with Crippen molar-refractivity contribution in [3.05, 3.63) is 34.9 Å². The molecule has 1 aliphatic carbocycles. The highest BCUT2D eigenvalue weighted by atomic mass is 35.5. The van der Waals surface area contributed by atoms with Crippen LogP contribution in [-0.4, -0.2) is 35.1 Å². The molecule has 3 nitrogen and oxygen atoms in total. The van der Waals surface area contributed by atoms with Crippen molar-refractivity contribution < 1.29 is 9.90 Å². The Labute approximate surface area is 125 Å². The molecule has 4 heteroatoms. The topological polar surface area (TPSA) is 40.5 Å². The third-order valence-corrected chi connectivity index (χ3v) is 4.20. The molecule has 1 fully saturated rings. The summed E-state index contributed by atoms with van der Waals surface area (Å²) in [6.07, 6.45) is 2.75. The Morgan fingerprint density at radius 3 is 2.55 bits per heavy atom. The van der Waals surface area contributed by atoms with Gasteiger partial charge in [-0.25, -0.2) is 0 Å². The van der Waals surface area contributed by atoms with E-state index in [1.165, 1.54) is 0 Å². The molecule has 0 unspecified atom stereocenters. The third kappa shape index (κ3) is 2.99. The number of likely N-dealkylation sites (N-methyl/N-ethyl adjacent to an activating group) is 1. The number of amides is 1. The number of rotatable bonds is 4.